The summed E-state index contributed by atoms with van der Waals surface area (Å²) in [7, 11) is 1.44. The van der Waals surface area contributed by atoms with Gasteiger partial charge in [-0.2, -0.15) is 0 Å². The summed E-state index contributed by atoms with van der Waals surface area (Å²) in [4.78, 5) is 11.5. The van der Waals surface area contributed by atoms with E-state index in [-0.39, 0.29) is 17.3 Å². The van der Waals surface area contributed by atoms with Crippen LogP contribution in [0.25, 0.3) is 11.1 Å². The molecule has 0 radical (unpaired) electrons. The average Bonchev–Trinajstić information content (AvgIpc) is 2.47. The first-order chi connectivity index (χ1) is 9.17. The van der Waals surface area contributed by atoms with E-state index in [1.54, 1.807) is 42.5 Å². The molecule has 0 aromatic heterocycles. The molecule has 0 fully saturated rings. The van der Waals surface area contributed by atoms with Gasteiger partial charge in [0.15, 0.2) is 17.3 Å². The molecule has 98 valence electrons. The highest BCUT2D eigenvalue weighted by Gasteiger charge is 2.10. The second kappa shape index (κ2) is 5.65. The second-order valence-corrected chi connectivity index (χ2v) is 4.18. The van der Waals surface area contributed by atoms with Crippen LogP contribution in [-0.4, -0.2) is 12.9 Å². The van der Waals surface area contributed by atoms with Crippen LogP contribution < -0.4 is 4.74 Å². The molecule has 0 bridgehead atoms. The SMILES string of the molecule is CCC(=O)c1ccc(-c2cccc(OC)c2F)cc1. The van der Waals surface area contributed by atoms with Gasteiger partial charge in [0, 0.05) is 17.5 Å². The fraction of sp³-hybridized carbons (Fsp3) is 0.188. The Morgan fingerprint density at radius 2 is 1.84 bits per heavy atom. The van der Waals surface area contributed by atoms with Crippen LogP contribution >= 0.6 is 0 Å². The van der Waals surface area contributed by atoms with Crippen LogP contribution in [0.5, 0.6) is 5.75 Å². The molecule has 2 rings (SSSR count). The molecule has 3 heteroatoms. The maximum absolute atomic E-state index is 14.1. The summed E-state index contributed by atoms with van der Waals surface area (Å²) in [5.74, 6) is -0.0940. The van der Waals surface area contributed by atoms with Crippen molar-refractivity contribution in [1.29, 1.82) is 0 Å². The van der Waals surface area contributed by atoms with Gasteiger partial charge in [-0.25, -0.2) is 4.39 Å². The molecule has 0 aliphatic heterocycles. The van der Waals surface area contributed by atoms with E-state index >= 15 is 0 Å². The lowest BCUT2D eigenvalue weighted by molar-refractivity contribution is 0.0988. The lowest BCUT2D eigenvalue weighted by atomic mass is 10.0. The first-order valence-electron chi connectivity index (χ1n) is 6.13. The van der Waals surface area contributed by atoms with E-state index in [0.717, 1.165) is 5.56 Å². The highest BCUT2D eigenvalue weighted by molar-refractivity contribution is 5.96. The second-order valence-electron chi connectivity index (χ2n) is 4.18. The van der Waals surface area contributed by atoms with E-state index in [2.05, 4.69) is 0 Å². The van der Waals surface area contributed by atoms with Gasteiger partial charge in [-0.1, -0.05) is 43.3 Å². The summed E-state index contributed by atoms with van der Waals surface area (Å²) in [6.45, 7) is 1.82. The predicted molar refractivity (Wildman–Crippen MR) is 73.0 cm³/mol. The molecule has 0 saturated carbocycles. The minimum atomic E-state index is -0.389. The number of halogens is 1. The third kappa shape index (κ3) is 2.65. The molecule has 0 aliphatic rings. The fourth-order valence-corrected chi connectivity index (χ4v) is 1.93. The van der Waals surface area contributed by atoms with Crippen LogP contribution in [-0.2, 0) is 0 Å². The third-order valence-electron chi connectivity index (χ3n) is 3.02. The molecule has 19 heavy (non-hydrogen) atoms. The monoisotopic (exact) mass is 258 g/mol. The number of methoxy groups -OCH3 is 1. The molecule has 0 saturated heterocycles. The maximum atomic E-state index is 14.1. The number of hydrogen-bond donors (Lipinski definition) is 0. The molecule has 0 aliphatic carbocycles. The zero-order chi connectivity index (χ0) is 13.8. The minimum Gasteiger partial charge on any atom is -0.494 e. The first-order valence-corrected chi connectivity index (χ1v) is 6.13. The Bertz CT molecular complexity index is 588. The number of Topliss-reactive ketones (excluding diaryl/α,β-unsaturated/α-hetero) is 1. The van der Waals surface area contributed by atoms with Crippen molar-refractivity contribution in [2.75, 3.05) is 7.11 Å². The topological polar surface area (TPSA) is 26.3 Å². The number of ketones is 1. The van der Waals surface area contributed by atoms with Crippen molar-refractivity contribution in [2.45, 2.75) is 13.3 Å². The molecule has 2 aromatic rings. The van der Waals surface area contributed by atoms with Gasteiger partial charge in [-0.05, 0) is 11.6 Å². The van der Waals surface area contributed by atoms with Gasteiger partial charge in [-0.15, -0.1) is 0 Å². The maximum Gasteiger partial charge on any atom is 0.172 e. The molecule has 0 unspecified atom stereocenters. The van der Waals surface area contributed by atoms with Crippen LogP contribution in [0, 0.1) is 5.82 Å². The lowest BCUT2D eigenvalue weighted by Gasteiger charge is -2.08. The van der Waals surface area contributed by atoms with Crippen LogP contribution in [0.15, 0.2) is 42.5 Å². The first kappa shape index (κ1) is 13.3. The van der Waals surface area contributed by atoms with Gasteiger partial charge < -0.3 is 4.74 Å². The zero-order valence-corrected chi connectivity index (χ0v) is 10.9. The van der Waals surface area contributed by atoms with E-state index in [1.165, 1.54) is 7.11 Å². The van der Waals surface area contributed by atoms with Crippen molar-refractivity contribution in [2.24, 2.45) is 0 Å². The summed E-state index contributed by atoms with van der Waals surface area (Å²) in [6.07, 6.45) is 0.465. The van der Waals surface area contributed by atoms with Crippen molar-refractivity contribution < 1.29 is 13.9 Å². The molecular formula is C16H15FO2. The van der Waals surface area contributed by atoms with E-state index in [4.69, 9.17) is 4.74 Å². The molecule has 0 heterocycles. The normalized spacial score (nSPS) is 10.3. The van der Waals surface area contributed by atoms with Crippen molar-refractivity contribution in [3.8, 4) is 16.9 Å². The quantitative estimate of drug-likeness (QED) is 0.772. The molecule has 0 N–H and O–H groups in total. The Morgan fingerprint density at radius 3 is 2.42 bits per heavy atom. The predicted octanol–water partition coefficient (Wildman–Crippen LogP) is 4.09. The van der Waals surface area contributed by atoms with Crippen molar-refractivity contribution in [3.05, 3.63) is 53.8 Å². The number of hydrogen-bond acceptors (Lipinski definition) is 2. The summed E-state index contributed by atoms with van der Waals surface area (Å²) < 4.78 is 19.0. The zero-order valence-electron chi connectivity index (χ0n) is 10.9. The van der Waals surface area contributed by atoms with E-state index in [9.17, 15) is 9.18 Å². The molecule has 0 spiro atoms. The smallest absolute Gasteiger partial charge is 0.172 e. The average molecular weight is 258 g/mol. The standard InChI is InChI=1S/C16H15FO2/c1-3-14(18)12-9-7-11(8-10-12)13-5-4-6-15(19-2)16(13)17/h4-10H,3H2,1-2H3. The lowest BCUT2D eigenvalue weighted by Crippen LogP contribution is -1.96. The van der Waals surface area contributed by atoms with E-state index < -0.39 is 0 Å². The van der Waals surface area contributed by atoms with Crippen molar-refractivity contribution in [3.63, 3.8) is 0 Å². The van der Waals surface area contributed by atoms with Crippen LogP contribution in [0.1, 0.15) is 23.7 Å². The number of carbonyl (C=O) groups excluding carboxylic acids is 1. The highest BCUT2D eigenvalue weighted by Crippen LogP contribution is 2.29. The van der Waals surface area contributed by atoms with Crippen molar-refractivity contribution >= 4 is 5.78 Å². The van der Waals surface area contributed by atoms with Gasteiger partial charge >= 0.3 is 0 Å². The van der Waals surface area contributed by atoms with Gasteiger partial charge in [0.2, 0.25) is 0 Å². The van der Waals surface area contributed by atoms with Crippen LogP contribution in [0.3, 0.4) is 0 Å². The number of benzene rings is 2. The number of ether oxygens (including phenoxy) is 1. The molecular weight excluding hydrogens is 243 g/mol. The number of carbonyl (C=O) groups is 1. The Labute approximate surface area is 111 Å². The Hall–Kier alpha value is -2.16. The largest absolute Gasteiger partial charge is 0.494 e. The highest BCUT2D eigenvalue weighted by atomic mass is 19.1. The van der Waals surface area contributed by atoms with Crippen LogP contribution in [0.2, 0.25) is 0 Å². The Kier molecular flexibility index (Phi) is 3.95. The van der Waals surface area contributed by atoms with E-state index in [1.807, 2.05) is 6.92 Å². The molecule has 2 nitrogen and oxygen atoms in total. The summed E-state index contributed by atoms with van der Waals surface area (Å²) >= 11 is 0. The third-order valence-corrected chi connectivity index (χ3v) is 3.02. The van der Waals surface area contributed by atoms with Gasteiger partial charge in [0.1, 0.15) is 0 Å². The molecule has 2 aromatic carbocycles. The summed E-state index contributed by atoms with van der Waals surface area (Å²) in [5.41, 5.74) is 1.84. The fourth-order valence-electron chi connectivity index (χ4n) is 1.93. The minimum absolute atomic E-state index is 0.0812. The van der Waals surface area contributed by atoms with E-state index in [0.29, 0.717) is 17.5 Å². The van der Waals surface area contributed by atoms with Gasteiger partial charge in [0.25, 0.3) is 0 Å². The summed E-state index contributed by atoms with van der Waals surface area (Å²) in [6, 6.07) is 12.0. The van der Waals surface area contributed by atoms with Gasteiger partial charge in [-0.3, -0.25) is 4.79 Å². The Balaban J connectivity index is 2.40. The summed E-state index contributed by atoms with van der Waals surface area (Å²) in [5, 5.41) is 0. The van der Waals surface area contributed by atoms with Gasteiger partial charge in [0.05, 0.1) is 7.11 Å². The number of rotatable bonds is 4. The Morgan fingerprint density at radius 1 is 1.16 bits per heavy atom. The van der Waals surface area contributed by atoms with Crippen molar-refractivity contribution in [1.82, 2.24) is 0 Å². The molecule has 0 atom stereocenters. The molecule has 0 amide bonds. The van der Waals surface area contributed by atoms with Crippen LogP contribution in [0.4, 0.5) is 4.39 Å².